The van der Waals surface area contributed by atoms with Gasteiger partial charge < -0.3 is 0 Å². The Bertz CT molecular complexity index is 646. The number of benzene rings is 1. The highest BCUT2D eigenvalue weighted by Gasteiger charge is 2.14. The lowest BCUT2D eigenvalue weighted by atomic mass is 10.2. The van der Waals surface area contributed by atoms with Crippen molar-refractivity contribution in [3.05, 3.63) is 33.8 Å². The van der Waals surface area contributed by atoms with E-state index in [2.05, 4.69) is 29.4 Å². The zero-order valence-electron chi connectivity index (χ0n) is 11.4. The van der Waals surface area contributed by atoms with Crippen LogP contribution in [0, 0.1) is 5.92 Å². The minimum atomic E-state index is -0.326. The molecule has 0 radical (unpaired) electrons. The van der Waals surface area contributed by atoms with Gasteiger partial charge in [-0.15, -0.1) is 10.2 Å². The van der Waals surface area contributed by atoms with Gasteiger partial charge in [-0.1, -0.05) is 60.1 Å². The molecule has 21 heavy (non-hydrogen) atoms. The van der Waals surface area contributed by atoms with Crippen molar-refractivity contribution in [2.45, 2.75) is 18.2 Å². The lowest BCUT2D eigenvalue weighted by Crippen LogP contribution is -2.12. The summed E-state index contributed by atoms with van der Waals surface area (Å²) in [6.45, 7) is 4.28. The Morgan fingerprint density at radius 1 is 1.38 bits per heavy atom. The first-order valence-electron chi connectivity index (χ1n) is 6.18. The average Bonchev–Trinajstić information content (AvgIpc) is 2.83. The number of aromatic nitrogens is 2. The van der Waals surface area contributed by atoms with Crippen LogP contribution < -0.4 is 5.32 Å². The van der Waals surface area contributed by atoms with Gasteiger partial charge in [0.05, 0.1) is 10.6 Å². The summed E-state index contributed by atoms with van der Waals surface area (Å²) in [6.07, 6.45) is 0. The van der Waals surface area contributed by atoms with E-state index in [1.165, 1.54) is 17.4 Å². The van der Waals surface area contributed by atoms with Gasteiger partial charge in [-0.2, -0.15) is 0 Å². The van der Waals surface area contributed by atoms with Crippen molar-refractivity contribution in [3.63, 3.8) is 0 Å². The summed E-state index contributed by atoms with van der Waals surface area (Å²) >= 11 is 14.8. The number of hydrogen-bond acceptors (Lipinski definition) is 5. The maximum absolute atomic E-state index is 12.1. The summed E-state index contributed by atoms with van der Waals surface area (Å²) in [7, 11) is 0. The molecule has 0 saturated heterocycles. The highest BCUT2D eigenvalue weighted by molar-refractivity contribution is 8.01. The number of carbonyl (C=O) groups is 1. The highest BCUT2D eigenvalue weighted by atomic mass is 35.5. The summed E-state index contributed by atoms with van der Waals surface area (Å²) < 4.78 is 0.834. The average molecular weight is 362 g/mol. The lowest BCUT2D eigenvalue weighted by Gasteiger charge is -2.03. The van der Waals surface area contributed by atoms with Gasteiger partial charge in [-0.25, -0.2) is 0 Å². The molecule has 0 spiro atoms. The minimum Gasteiger partial charge on any atom is -0.296 e. The predicted octanol–water partition coefficient (Wildman–Crippen LogP) is 4.85. The highest BCUT2D eigenvalue weighted by Crippen LogP contribution is 2.28. The first kappa shape index (κ1) is 16.5. The van der Waals surface area contributed by atoms with Crippen LogP contribution in [0.4, 0.5) is 5.13 Å². The zero-order valence-corrected chi connectivity index (χ0v) is 14.5. The molecule has 0 bridgehead atoms. The Labute approximate surface area is 141 Å². The fourth-order valence-electron chi connectivity index (χ4n) is 1.39. The molecule has 0 unspecified atom stereocenters. The fraction of sp³-hybridized carbons (Fsp3) is 0.308. The fourth-order valence-corrected chi connectivity index (χ4v) is 3.61. The van der Waals surface area contributed by atoms with E-state index in [1.807, 2.05) is 0 Å². The summed E-state index contributed by atoms with van der Waals surface area (Å²) in [4.78, 5) is 12.1. The van der Waals surface area contributed by atoms with Crippen LogP contribution in [0.25, 0.3) is 0 Å². The number of nitrogens with one attached hydrogen (secondary N) is 1. The van der Waals surface area contributed by atoms with E-state index in [-0.39, 0.29) is 5.91 Å². The Morgan fingerprint density at radius 3 is 2.81 bits per heavy atom. The maximum atomic E-state index is 12.1. The van der Waals surface area contributed by atoms with E-state index in [1.54, 1.807) is 23.9 Å². The van der Waals surface area contributed by atoms with E-state index in [9.17, 15) is 4.79 Å². The van der Waals surface area contributed by atoms with Crippen LogP contribution in [0.15, 0.2) is 22.5 Å². The second-order valence-electron chi connectivity index (χ2n) is 4.66. The molecule has 0 saturated carbocycles. The van der Waals surface area contributed by atoms with E-state index < -0.39 is 0 Å². The van der Waals surface area contributed by atoms with Gasteiger partial charge in [0.15, 0.2) is 4.34 Å². The van der Waals surface area contributed by atoms with Crippen LogP contribution in [0.1, 0.15) is 24.2 Å². The molecule has 1 amide bonds. The molecular formula is C13H13Cl2N3OS2. The lowest BCUT2D eigenvalue weighted by molar-refractivity contribution is 0.102. The SMILES string of the molecule is CC(C)CSc1nnc(NC(=O)c2ccc(Cl)cc2Cl)s1. The van der Waals surface area contributed by atoms with Crippen molar-refractivity contribution in [3.8, 4) is 0 Å². The second-order valence-corrected chi connectivity index (χ2v) is 7.74. The summed E-state index contributed by atoms with van der Waals surface area (Å²) in [5, 5.41) is 11.9. The van der Waals surface area contributed by atoms with Crippen LogP contribution in [0.5, 0.6) is 0 Å². The molecule has 4 nitrogen and oxygen atoms in total. The molecule has 8 heteroatoms. The van der Waals surface area contributed by atoms with Crippen molar-refractivity contribution in [1.29, 1.82) is 0 Å². The predicted molar refractivity (Wildman–Crippen MR) is 89.9 cm³/mol. The van der Waals surface area contributed by atoms with Crippen molar-refractivity contribution in [2.24, 2.45) is 5.92 Å². The van der Waals surface area contributed by atoms with Crippen LogP contribution >= 0.6 is 46.3 Å². The van der Waals surface area contributed by atoms with Crippen molar-refractivity contribution in [2.75, 3.05) is 11.1 Å². The Kier molecular flexibility index (Phi) is 5.87. The number of hydrogen-bond donors (Lipinski definition) is 1. The number of anilines is 1. The molecule has 0 aliphatic carbocycles. The molecule has 2 rings (SSSR count). The second kappa shape index (κ2) is 7.45. The largest absolute Gasteiger partial charge is 0.296 e. The van der Waals surface area contributed by atoms with E-state index in [4.69, 9.17) is 23.2 Å². The van der Waals surface area contributed by atoms with Gasteiger partial charge in [0.1, 0.15) is 0 Å². The number of thioether (sulfide) groups is 1. The van der Waals surface area contributed by atoms with Crippen LogP contribution in [0.3, 0.4) is 0 Å². The standard InChI is InChI=1S/C13H13Cl2N3OS2/c1-7(2)6-20-13-18-17-12(21-13)16-11(19)9-4-3-8(14)5-10(9)15/h3-5,7H,6H2,1-2H3,(H,16,17,19). The smallest absolute Gasteiger partial charge is 0.259 e. The number of nitrogens with zero attached hydrogens (tertiary/aromatic N) is 2. The first-order valence-corrected chi connectivity index (χ1v) is 8.74. The molecular weight excluding hydrogens is 349 g/mol. The van der Waals surface area contributed by atoms with Gasteiger partial charge in [-0.3, -0.25) is 10.1 Å². The van der Waals surface area contributed by atoms with Gasteiger partial charge in [0.2, 0.25) is 5.13 Å². The summed E-state index contributed by atoms with van der Waals surface area (Å²) in [6, 6.07) is 4.73. The van der Waals surface area contributed by atoms with Crippen LogP contribution in [0.2, 0.25) is 10.0 Å². The third-order valence-electron chi connectivity index (χ3n) is 2.34. The van der Waals surface area contributed by atoms with Gasteiger partial charge >= 0.3 is 0 Å². The van der Waals surface area contributed by atoms with Crippen molar-refractivity contribution >= 4 is 57.3 Å². The third-order valence-corrected chi connectivity index (χ3v) is 5.29. The van der Waals surface area contributed by atoms with Crippen LogP contribution in [-0.4, -0.2) is 21.9 Å². The zero-order chi connectivity index (χ0) is 15.4. The molecule has 112 valence electrons. The van der Waals surface area contributed by atoms with E-state index in [0.717, 1.165) is 10.1 Å². The van der Waals surface area contributed by atoms with E-state index >= 15 is 0 Å². The molecule has 1 aromatic heterocycles. The van der Waals surface area contributed by atoms with Crippen molar-refractivity contribution < 1.29 is 4.79 Å². The normalized spacial score (nSPS) is 10.9. The Hall–Kier alpha value is -0.820. The minimum absolute atomic E-state index is 0.305. The molecule has 1 aromatic carbocycles. The van der Waals surface area contributed by atoms with E-state index in [0.29, 0.717) is 26.7 Å². The number of amides is 1. The summed E-state index contributed by atoms with van der Waals surface area (Å²) in [5.41, 5.74) is 0.354. The van der Waals surface area contributed by atoms with Gasteiger partial charge in [-0.05, 0) is 24.1 Å². The number of carbonyl (C=O) groups excluding carboxylic acids is 1. The molecule has 0 aliphatic heterocycles. The third kappa shape index (κ3) is 4.85. The maximum Gasteiger partial charge on any atom is 0.259 e. The molecule has 0 aliphatic rings. The quantitative estimate of drug-likeness (QED) is 0.611. The molecule has 0 atom stereocenters. The van der Waals surface area contributed by atoms with Crippen LogP contribution in [-0.2, 0) is 0 Å². The van der Waals surface area contributed by atoms with Crippen molar-refractivity contribution in [1.82, 2.24) is 10.2 Å². The van der Waals surface area contributed by atoms with Gasteiger partial charge in [0, 0.05) is 10.8 Å². The Morgan fingerprint density at radius 2 is 2.14 bits per heavy atom. The number of halogens is 2. The molecule has 0 fully saturated rings. The first-order chi connectivity index (χ1) is 9.95. The number of rotatable bonds is 5. The van der Waals surface area contributed by atoms with Gasteiger partial charge in [0.25, 0.3) is 5.91 Å². The topological polar surface area (TPSA) is 54.9 Å². The monoisotopic (exact) mass is 361 g/mol. The summed E-state index contributed by atoms with van der Waals surface area (Å²) in [5.74, 6) is 1.21. The molecule has 2 aromatic rings. The molecule has 1 heterocycles. The Balaban J connectivity index is 2.02. The molecule has 1 N–H and O–H groups in total.